The molecular weight excluding hydrogens is 254 g/mol. The van der Waals surface area contributed by atoms with E-state index in [4.69, 9.17) is 5.73 Å². The zero-order valence-corrected chi connectivity index (χ0v) is 13.8. The van der Waals surface area contributed by atoms with E-state index in [0.717, 1.165) is 5.69 Å². The van der Waals surface area contributed by atoms with Crippen LogP contribution in [0.2, 0.25) is 0 Å². The highest BCUT2D eigenvalue weighted by Gasteiger charge is 2.12. The summed E-state index contributed by atoms with van der Waals surface area (Å²) in [7, 11) is 0. The van der Waals surface area contributed by atoms with Crippen LogP contribution in [0.1, 0.15) is 80.4 Å². The third-order valence-electron chi connectivity index (χ3n) is 4.81. The van der Waals surface area contributed by atoms with Crippen molar-refractivity contribution in [3.8, 4) is 0 Å². The Bertz CT molecular complexity index is 473. The lowest BCUT2D eigenvalue weighted by atomic mass is 9.87. The summed E-state index contributed by atoms with van der Waals surface area (Å²) in [6.07, 6.45) is 17.1. The fraction of sp³-hybridized carbons (Fsp3) is 0.600. The van der Waals surface area contributed by atoms with Crippen LogP contribution in [0.5, 0.6) is 0 Å². The van der Waals surface area contributed by atoms with Gasteiger partial charge in [-0.05, 0) is 55.9 Å². The summed E-state index contributed by atoms with van der Waals surface area (Å²) in [6, 6.07) is 4.46. The summed E-state index contributed by atoms with van der Waals surface area (Å²) in [5.74, 6) is 0.573. The van der Waals surface area contributed by atoms with Crippen LogP contribution in [-0.4, -0.2) is 0 Å². The molecule has 2 N–H and O–H groups in total. The molecule has 0 spiro atoms. The van der Waals surface area contributed by atoms with E-state index in [1.54, 1.807) is 0 Å². The van der Waals surface area contributed by atoms with Crippen LogP contribution >= 0.6 is 0 Å². The Morgan fingerprint density at radius 1 is 0.857 bits per heavy atom. The number of hydrogen-bond acceptors (Lipinski definition) is 1. The van der Waals surface area contributed by atoms with Gasteiger partial charge in [-0.1, -0.05) is 56.7 Å². The number of aryl methyl sites for hydroxylation is 2. The molecule has 0 saturated carbocycles. The van der Waals surface area contributed by atoms with E-state index in [2.05, 4.69) is 38.1 Å². The van der Waals surface area contributed by atoms with Crippen molar-refractivity contribution < 1.29 is 0 Å². The molecule has 1 unspecified atom stereocenters. The largest absolute Gasteiger partial charge is 0.399 e. The minimum Gasteiger partial charge on any atom is -0.399 e. The smallest absolute Gasteiger partial charge is 0.0346 e. The van der Waals surface area contributed by atoms with Gasteiger partial charge in [0.2, 0.25) is 0 Å². The SMILES string of the molecule is Cc1cc(C2/C=C\CCCCCCCCC2)c(C)cc1N. The molecule has 1 atom stereocenters. The monoisotopic (exact) mass is 285 g/mol. The number of anilines is 1. The van der Waals surface area contributed by atoms with Gasteiger partial charge in [-0.15, -0.1) is 0 Å². The molecule has 1 aromatic carbocycles. The molecular formula is C20H31N. The Morgan fingerprint density at radius 2 is 1.52 bits per heavy atom. The summed E-state index contributed by atoms with van der Waals surface area (Å²) in [5, 5.41) is 0. The zero-order valence-electron chi connectivity index (χ0n) is 13.8. The molecule has 1 nitrogen and oxygen atoms in total. The van der Waals surface area contributed by atoms with Crippen molar-refractivity contribution in [3.05, 3.63) is 41.0 Å². The Balaban J connectivity index is 2.16. The normalized spacial score (nSPS) is 23.0. The predicted molar refractivity (Wildman–Crippen MR) is 93.8 cm³/mol. The van der Waals surface area contributed by atoms with Crippen molar-refractivity contribution in [3.63, 3.8) is 0 Å². The number of nitrogens with two attached hydrogens (primary N) is 1. The highest BCUT2D eigenvalue weighted by Crippen LogP contribution is 2.30. The van der Waals surface area contributed by atoms with Crippen molar-refractivity contribution in [2.45, 2.75) is 77.6 Å². The molecule has 0 bridgehead atoms. The van der Waals surface area contributed by atoms with Crippen molar-refractivity contribution in [2.24, 2.45) is 0 Å². The van der Waals surface area contributed by atoms with Crippen LogP contribution in [0.4, 0.5) is 5.69 Å². The van der Waals surface area contributed by atoms with E-state index in [-0.39, 0.29) is 0 Å². The maximum atomic E-state index is 6.04. The standard InChI is InChI=1S/C20H31N/c1-16-15-20(21)17(2)14-19(16)18-12-10-8-6-4-3-5-7-9-11-13-18/h10,12,14-15,18H,3-9,11,13,21H2,1-2H3/b12-10-. The van der Waals surface area contributed by atoms with Crippen molar-refractivity contribution in [1.29, 1.82) is 0 Å². The molecule has 116 valence electrons. The lowest BCUT2D eigenvalue weighted by Crippen LogP contribution is -2.02. The maximum Gasteiger partial charge on any atom is 0.0346 e. The second-order valence-electron chi connectivity index (χ2n) is 6.65. The molecule has 1 aromatic rings. The Morgan fingerprint density at radius 3 is 2.29 bits per heavy atom. The molecule has 0 radical (unpaired) electrons. The van der Waals surface area contributed by atoms with Crippen LogP contribution in [0.25, 0.3) is 0 Å². The third kappa shape index (κ3) is 4.91. The third-order valence-corrected chi connectivity index (χ3v) is 4.81. The highest BCUT2D eigenvalue weighted by molar-refractivity contribution is 5.52. The van der Waals surface area contributed by atoms with Crippen molar-refractivity contribution in [1.82, 2.24) is 0 Å². The molecule has 0 aliphatic heterocycles. The average Bonchev–Trinajstić information content (AvgIpc) is 2.44. The Hall–Kier alpha value is -1.24. The first kappa shape index (κ1) is 16.1. The van der Waals surface area contributed by atoms with Gasteiger partial charge in [-0.25, -0.2) is 0 Å². The first-order valence-electron chi connectivity index (χ1n) is 8.72. The van der Waals surface area contributed by atoms with Crippen LogP contribution in [-0.2, 0) is 0 Å². The summed E-state index contributed by atoms with van der Waals surface area (Å²) in [4.78, 5) is 0. The number of benzene rings is 1. The van der Waals surface area contributed by atoms with Crippen LogP contribution in [0.15, 0.2) is 24.3 Å². The Kier molecular flexibility index (Phi) is 6.35. The van der Waals surface area contributed by atoms with Crippen molar-refractivity contribution >= 4 is 5.69 Å². The number of hydrogen-bond donors (Lipinski definition) is 1. The first-order chi connectivity index (χ1) is 10.2. The van der Waals surface area contributed by atoms with E-state index in [1.165, 1.54) is 74.5 Å². The van der Waals surface area contributed by atoms with Gasteiger partial charge < -0.3 is 5.73 Å². The molecule has 0 saturated heterocycles. The van der Waals surface area contributed by atoms with Gasteiger partial charge in [0.15, 0.2) is 0 Å². The zero-order chi connectivity index (χ0) is 15.1. The minimum atomic E-state index is 0.573. The van der Waals surface area contributed by atoms with Gasteiger partial charge in [0.25, 0.3) is 0 Å². The summed E-state index contributed by atoms with van der Waals surface area (Å²) in [6.45, 7) is 4.33. The average molecular weight is 285 g/mol. The van der Waals surface area contributed by atoms with Crippen LogP contribution in [0, 0.1) is 13.8 Å². The number of rotatable bonds is 1. The van der Waals surface area contributed by atoms with Gasteiger partial charge in [-0.2, -0.15) is 0 Å². The highest BCUT2D eigenvalue weighted by atomic mass is 14.6. The fourth-order valence-corrected chi connectivity index (χ4v) is 3.39. The summed E-state index contributed by atoms with van der Waals surface area (Å²) < 4.78 is 0. The van der Waals surface area contributed by atoms with Gasteiger partial charge in [0.1, 0.15) is 0 Å². The predicted octanol–water partition coefficient (Wildman–Crippen LogP) is 6.05. The molecule has 1 heteroatoms. The molecule has 21 heavy (non-hydrogen) atoms. The lowest BCUT2D eigenvalue weighted by Gasteiger charge is -2.18. The first-order valence-corrected chi connectivity index (χ1v) is 8.72. The van der Waals surface area contributed by atoms with Gasteiger partial charge in [-0.3, -0.25) is 0 Å². The van der Waals surface area contributed by atoms with E-state index < -0.39 is 0 Å². The van der Waals surface area contributed by atoms with Gasteiger partial charge >= 0.3 is 0 Å². The fourth-order valence-electron chi connectivity index (χ4n) is 3.39. The molecule has 2 rings (SSSR count). The number of allylic oxidation sites excluding steroid dienone is 2. The van der Waals surface area contributed by atoms with Crippen LogP contribution < -0.4 is 5.73 Å². The topological polar surface area (TPSA) is 26.0 Å². The van der Waals surface area contributed by atoms with E-state index >= 15 is 0 Å². The van der Waals surface area contributed by atoms with E-state index in [0.29, 0.717) is 5.92 Å². The Labute approximate surface area is 130 Å². The summed E-state index contributed by atoms with van der Waals surface area (Å²) in [5.41, 5.74) is 11.0. The van der Waals surface area contributed by atoms with Gasteiger partial charge in [0, 0.05) is 11.6 Å². The molecule has 0 fully saturated rings. The minimum absolute atomic E-state index is 0.573. The van der Waals surface area contributed by atoms with Crippen LogP contribution in [0.3, 0.4) is 0 Å². The second-order valence-corrected chi connectivity index (χ2v) is 6.65. The van der Waals surface area contributed by atoms with E-state index in [1.807, 2.05) is 0 Å². The second kappa shape index (κ2) is 8.26. The number of nitrogen functional groups attached to an aromatic ring is 1. The van der Waals surface area contributed by atoms with Crippen molar-refractivity contribution in [2.75, 3.05) is 5.73 Å². The van der Waals surface area contributed by atoms with Gasteiger partial charge in [0.05, 0.1) is 0 Å². The molecule has 1 aliphatic rings. The molecule has 1 aliphatic carbocycles. The van der Waals surface area contributed by atoms with E-state index in [9.17, 15) is 0 Å². The maximum absolute atomic E-state index is 6.04. The molecule has 0 aromatic heterocycles. The quantitative estimate of drug-likeness (QED) is 0.493. The lowest BCUT2D eigenvalue weighted by molar-refractivity contribution is 0.551. The molecule has 0 heterocycles. The summed E-state index contributed by atoms with van der Waals surface area (Å²) >= 11 is 0. The molecule has 0 amide bonds.